The quantitative estimate of drug-likeness (QED) is 0.665. The molecule has 1 rings (SSSR count). The second-order valence-corrected chi connectivity index (χ2v) is 3.90. The van der Waals surface area contributed by atoms with Crippen LogP contribution in [0.15, 0.2) is 18.2 Å². The molecule has 0 spiro atoms. The van der Waals surface area contributed by atoms with Gasteiger partial charge >= 0.3 is 0 Å². The summed E-state index contributed by atoms with van der Waals surface area (Å²) in [5.41, 5.74) is 1.18. The summed E-state index contributed by atoms with van der Waals surface area (Å²) in [5, 5.41) is 0.701. The minimum atomic E-state index is 0.701. The predicted octanol–water partition coefficient (Wildman–Crippen LogP) is 4.22. The van der Waals surface area contributed by atoms with Crippen molar-refractivity contribution in [2.24, 2.45) is 0 Å². The van der Waals surface area contributed by atoms with Crippen LogP contribution in [0.3, 0.4) is 0 Å². The van der Waals surface area contributed by atoms with Crippen LogP contribution in [0.2, 0.25) is 5.02 Å². The first kappa shape index (κ1) is 11.4. The van der Waals surface area contributed by atoms with Gasteiger partial charge in [-0.15, -0.1) is 0 Å². The molecule has 0 radical (unpaired) electrons. The maximum Gasteiger partial charge on any atom is 0.138 e. The van der Waals surface area contributed by atoms with Gasteiger partial charge in [0.25, 0.3) is 0 Å². The Morgan fingerprint density at radius 3 is 2.79 bits per heavy atom. The van der Waals surface area contributed by atoms with E-state index in [4.69, 9.17) is 16.3 Å². The van der Waals surface area contributed by atoms with Crippen molar-refractivity contribution in [2.75, 3.05) is 6.61 Å². The van der Waals surface area contributed by atoms with E-state index in [1.807, 2.05) is 25.1 Å². The van der Waals surface area contributed by atoms with Crippen LogP contribution in [-0.2, 0) is 0 Å². The van der Waals surface area contributed by atoms with E-state index in [9.17, 15) is 0 Å². The Bertz CT molecular complexity index is 284. The zero-order valence-corrected chi connectivity index (χ0v) is 9.60. The van der Waals surface area contributed by atoms with Crippen molar-refractivity contribution in [1.82, 2.24) is 0 Å². The third kappa shape index (κ3) is 3.59. The number of hydrogen-bond donors (Lipinski definition) is 0. The Kier molecular flexibility index (Phi) is 4.81. The molecule has 0 aromatic heterocycles. The van der Waals surface area contributed by atoms with Gasteiger partial charge in [0.05, 0.1) is 11.6 Å². The monoisotopic (exact) mass is 212 g/mol. The fourth-order valence-electron chi connectivity index (χ4n) is 1.26. The molecule has 0 atom stereocenters. The Hall–Kier alpha value is -0.690. The normalized spacial score (nSPS) is 10.2. The van der Waals surface area contributed by atoms with Crippen molar-refractivity contribution in [3.05, 3.63) is 28.8 Å². The van der Waals surface area contributed by atoms with Gasteiger partial charge in [-0.05, 0) is 31.0 Å². The van der Waals surface area contributed by atoms with Crippen LogP contribution >= 0.6 is 11.6 Å². The van der Waals surface area contributed by atoms with Gasteiger partial charge in [-0.1, -0.05) is 37.4 Å². The summed E-state index contributed by atoms with van der Waals surface area (Å²) in [7, 11) is 0. The first-order valence-corrected chi connectivity index (χ1v) is 5.50. The van der Waals surface area contributed by atoms with Gasteiger partial charge < -0.3 is 4.74 Å². The van der Waals surface area contributed by atoms with E-state index in [1.54, 1.807) is 0 Å². The number of halogens is 1. The van der Waals surface area contributed by atoms with Crippen molar-refractivity contribution in [3.63, 3.8) is 0 Å². The van der Waals surface area contributed by atoms with E-state index in [1.165, 1.54) is 18.4 Å². The van der Waals surface area contributed by atoms with Gasteiger partial charge in [0.15, 0.2) is 0 Å². The van der Waals surface area contributed by atoms with E-state index < -0.39 is 0 Å². The third-order valence-electron chi connectivity index (χ3n) is 2.09. The molecule has 2 heteroatoms. The van der Waals surface area contributed by atoms with Crippen molar-refractivity contribution >= 4 is 11.6 Å². The van der Waals surface area contributed by atoms with Crippen LogP contribution in [0.5, 0.6) is 5.75 Å². The molecule has 0 aliphatic carbocycles. The Morgan fingerprint density at radius 1 is 1.29 bits per heavy atom. The van der Waals surface area contributed by atoms with Gasteiger partial charge in [0.1, 0.15) is 5.75 Å². The highest BCUT2D eigenvalue weighted by molar-refractivity contribution is 6.32. The highest BCUT2D eigenvalue weighted by Gasteiger charge is 2.00. The van der Waals surface area contributed by atoms with Crippen LogP contribution < -0.4 is 4.74 Å². The second-order valence-electron chi connectivity index (χ2n) is 3.49. The molecule has 78 valence electrons. The molecule has 0 N–H and O–H groups in total. The summed E-state index contributed by atoms with van der Waals surface area (Å²) in [4.78, 5) is 0. The molecule has 0 aliphatic heterocycles. The molecule has 0 unspecified atom stereocenters. The molecule has 0 fully saturated rings. The van der Waals surface area contributed by atoms with Gasteiger partial charge in [-0.25, -0.2) is 0 Å². The average Bonchev–Trinajstić information content (AvgIpc) is 2.18. The van der Waals surface area contributed by atoms with Crippen molar-refractivity contribution < 1.29 is 4.74 Å². The highest BCUT2D eigenvalue weighted by atomic mass is 35.5. The molecule has 14 heavy (non-hydrogen) atoms. The molecule has 0 saturated heterocycles. The molecule has 0 bridgehead atoms. The zero-order valence-electron chi connectivity index (χ0n) is 8.85. The van der Waals surface area contributed by atoms with Gasteiger partial charge in [-0.2, -0.15) is 0 Å². The first-order chi connectivity index (χ1) is 6.74. The minimum Gasteiger partial charge on any atom is -0.492 e. The van der Waals surface area contributed by atoms with Crippen LogP contribution in [0.25, 0.3) is 0 Å². The van der Waals surface area contributed by atoms with E-state index in [2.05, 4.69) is 6.92 Å². The Balaban J connectivity index is 2.45. The molecule has 1 aromatic carbocycles. The van der Waals surface area contributed by atoms with E-state index in [0.717, 1.165) is 18.8 Å². The lowest BCUT2D eigenvalue weighted by atomic mass is 10.2. The number of rotatable bonds is 5. The lowest BCUT2D eigenvalue weighted by Gasteiger charge is -2.08. The number of hydrogen-bond acceptors (Lipinski definition) is 1. The minimum absolute atomic E-state index is 0.701. The van der Waals surface area contributed by atoms with Crippen LogP contribution in [0.1, 0.15) is 31.7 Å². The van der Waals surface area contributed by atoms with Gasteiger partial charge in [0, 0.05) is 0 Å². The molecule has 1 aromatic rings. The van der Waals surface area contributed by atoms with E-state index in [-0.39, 0.29) is 0 Å². The van der Waals surface area contributed by atoms with Crippen molar-refractivity contribution in [3.8, 4) is 5.75 Å². The second kappa shape index (κ2) is 5.92. The van der Waals surface area contributed by atoms with E-state index in [0.29, 0.717) is 5.02 Å². The van der Waals surface area contributed by atoms with Crippen LogP contribution in [-0.4, -0.2) is 6.61 Å². The van der Waals surface area contributed by atoms with Crippen molar-refractivity contribution in [2.45, 2.75) is 33.1 Å². The van der Waals surface area contributed by atoms with Crippen molar-refractivity contribution in [1.29, 1.82) is 0 Å². The summed E-state index contributed by atoms with van der Waals surface area (Å²) >= 11 is 5.98. The standard InChI is InChI=1S/C12H17ClO/c1-3-4-5-8-14-12-9-10(2)6-7-11(12)13/h6-7,9H,3-5,8H2,1-2H3. The molecule has 0 aliphatic rings. The molecule has 0 heterocycles. The fourth-order valence-corrected chi connectivity index (χ4v) is 1.43. The van der Waals surface area contributed by atoms with E-state index >= 15 is 0 Å². The number of ether oxygens (including phenoxy) is 1. The smallest absolute Gasteiger partial charge is 0.138 e. The Morgan fingerprint density at radius 2 is 2.07 bits per heavy atom. The zero-order chi connectivity index (χ0) is 10.4. The lowest BCUT2D eigenvalue weighted by Crippen LogP contribution is -1.97. The maximum absolute atomic E-state index is 5.98. The molecule has 0 saturated carbocycles. The predicted molar refractivity (Wildman–Crippen MR) is 61.2 cm³/mol. The molecule has 1 nitrogen and oxygen atoms in total. The summed E-state index contributed by atoms with van der Waals surface area (Å²) in [6, 6.07) is 5.85. The van der Waals surface area contributed by atoms with Crippen LogP contribution in [0, 0.1) is 6.92 Å². The highest BCUT2D eigenvalue weighted by Crippen LogP contribution is 2.25. The number of unbranched alkanes of at least 4 members (excludes halogenated alkanes) is 2. The average molecular weight is 213 g/mol. The summed E-state index contributed by atoms with van der Waals surface area (Å²) < 4.78 is 5.59. The van der Waals surface area contributed by atoms with Gasteiger partial charge in [0.2, 0.25) is 0 Å². The summed E-state index contributed by atoms with van der Waals surface area (Å²) in [6.45, 7) is 4.98. The molecule has 0 amide bonds. The summed E-state index contributed by atoms with van der Waals surface area (Å²) in [6.07, 6.45) is 3.52. The molecular weight excluding hydrogens is 196 g/mol. The van der Waals surface area contributed by atoms with Crippen LogP contribution in [0.4, 0.5) is 0 Å². The summed E-state index contributed by atoms with van der Waals surface area (Å²) in [5.74, 6) is 0.808. The lowest BCUT2D eigenvalue weighted by molar-refractivity contribution is 0.306. The maximum atomic E-state index is 5.98. The largest absolute Gasteiger partial charge is 0.492 e. The SMILES string of the molecule is CCCCCOc1cc(C)ccc1Cl. The fraction of sp³-hybridized carbons (Fsp3) is 0.500. The van der Waals surface area contributed by atoms with Gasteiger partial charge in [-0.3, -0.25) is 0 Å². The Labute approximate surface area is 91.0 Å². The third-order valence-corrected chi connectivity index (χ3v) is 2.40. The first-order valence-electron chi connectivity index (χ1n) is 5.13. The number of benzene rings is 1. The number of aryl methyl sites for hydroxylation is 1. The topological polar surface area (TPSA) is 9.23 Å². The molecular formula is C12H17ClO.